The van der Waals surface area contributed by atoms with Gasteiger partial charge in [0.05, 0.1) is 26.6 Å². The molecule has 0 unspecified atom stereocenters. The molecule has 222 valence electrons. The fourth-order valence-electron chi connectivity index (χ4n) is 4.59. The number of anilines is 2. The molecule has 1 fully saturated rings. The van der Waals surface area contributed by atoms with Gasteiger partial charge in [-0.3, -0.25) is 9.89 Å². The van der Waals surface area contributed by atoms with Gasteiger partial charge in [-0.15, -0.1) is 0 Å². The normalized spacial score (nSPS) is 14.3. The summed E-state index contributed by atoms with van der Waals surface area (Å²) in [6, 6.07) is 11.4. The molecule has 42 heavy (non-hydrogen) atoms. The summed E-state index contributed by atoms with van der Waals surface area (Å²) < 4.78 is 65.2. The minimum absolute atomic E-state index is 0.0980. The number of H-pyrrole nitrogens is 1. The highest BCUT2D eigenvalue weighted by atomic mass is 32.2. The lowest BCUT2D eigenvalue weighted by atomic mass is 10.1. The van der Waals surface area contributed by atoms with Gasteiger partial charge in [-0.1, -0.05) is 0 Å². The Morgan fingerprint density at radius 2 is 1.79 bits per heavy atom. The number of carbonyl (C=O) groups excluding carboxylic acids is 1. The minimum atomic E-state index is -4.26. The van der Waals surface area contributed by atoms with E-state index in [0.717, 1.165) is 31.5 Å². The maximum Gasteiger partial charge on any atom is 0.258 e. The van der Waals surface area contributed by atoms with E-state index < -0.39 is 32.3 Å². The number of rotatable bonds is 10. The van der Waals surface area contributed by atoms with Crippen LogP contribution in [0.2, 0.25) is 0 Å². The molecule has 1 amide bonds. The summed E-state index contributed by atoms with van der Waals surface area (Å²) in [6.07, 6.45) is 1.56. The van der Waals surface area contributed by atoms with E-state index in [9.17, 15) is 22.0 Å². The minimum Gasteiger partial charge on any atom is -0.492 e. The van der Waals surface area contributed by atoms with Gasteiger partial charge < -0.3 is 25.0 Å². The molecule has 1 aliphatic heterocycles. The Hall–Kier alpha value is -4.07. The number of aromatic amines is 1. The van der Waals surface area contributed by atoms with E-state index in [-0.39, 0.29) is 16.8 Å². The van der Waals surface area contributed by atoms with E-state index in [1.807, 2.05) is 19.0 Å². The first-order chi connectivity index (χ1) is 20.1. The summed E-state index contributed by atoms with van der Waals surface area (Å²) in [7, 11) is -0.360. The largest absolute Gasteiger partial charge is 0.492 e. The number of hydrogen-bond acceptors (Lipinski definition) is 8. The average Bonchev–Trinajstić information content (AvgIpc) is 3.35. The van der Waals surface area contributed by atoms with Gasteiger partial charge in [0.15, 0.2) is 5.82 Å². The highest BCUT2D eigenvalue weighted by Crippen LogP contribution is 2.30. The van der Waals surface area contributed by atoms with Gasteiger partial charge in [-0.2, -0.15) is 5.10 Å². The van der Waals surface area contributed by atoms with Crippen LogP contribution < -0.4 is 15.4 Å². The third kappa shape index (κ3) is 6.69. The first-order valence-electron chi connectivity index (χ1n) is 13.4. The number of sulfone groups is 1. The molecule has 1 aromatic heterocycles. The summed E-state index contributed by atoms with van der Waals surface area (Å²) in [5.74, 6) is -1.79. The zero-order valence-corrected chi connectivity index (χ0v) is 23.9. The van der Waals surface area contributed by atoms with Crippen molar-refractivity contribution in [1.82, 2.24) is 15.1 Å². The highest BCUT2D eigenvalue weighted by molar-refractivity contribution is 7.91. The Kier molecular flexibility index (Phi) is 8.71. The molecule has 2 heterocycles. The topological polar surface area (TPSA) is 126 Å². The molecular formula is C29H31F2N5O5S. The summed E-state index contributed by atoms with van der Waals surface area (Å²) in [5.41, 5.74) is 1.38. The summed E-state index contributed by atoms with van der Waals surface area (Å²) in [6.45, 7) is 2.43. The fourth-order valence-corrected chi connectivity index (χ4v) is 5.92. The van der Waals surface area contributed by atoms with Crippen molar-refractivity contribution in [1.29, 1.82) is 0 Å². The highest BCUT2D eigenvalue weighted by Gasteiger charge is 2.23. The number of fused-ring (bicyclic) bond motifs is 1. The molecule has 3 aromatic carbocycles. The quantitative estimate of drug-likeness (QED) is 0.244. The van der Waals surface area contributed by atoms with Crippen LogP contribution >= 0.6 is 0 Å². The number of hydrogen-bond donors (Lipinski definition) is 3. The fraction of sp³-hybridized carbons (Fsp3) is 0.310. The Morgan fingerprint density at radius 3 is 2.50 bits per heavy atom. The van der Waals surface area contributed by atoms with Crippen molar-refractivity contribution in [2.45, 2.75) is 28.7 Å². The maximum absolute atomic E-state index is 13.8. The molecule has 3 N–H and O–H groups in total. The molecule has 0 spiro atoms. The summed E-state index contributed by atoms with van der Waals surface area (Å²) >= 11 is 0. The number of likely N-dealkylation sites (N-methyl/N-ethyl adjacent to an activating group) is 1. The van der Waals surface area contributed by atoms with E-state index in [4.69, 9.17) is 9.47 Å². The van der Waals surface area contributed by atoms with Gasteiger partial charge in [0.2, 0.25) is 9.84 Å². The number of carbonyl (C=O) groups is 1. The second kappa shape index (κ2) is 12.4. The lowest BCUT2D eigenvalue weighted by Crippen LogP contribution is -2.29. The lowest BCUT2D eigenvalue weighted by molar-refractivity contribution is 0.0904. The monoisotopic (exact) mass is 599 g/mol. The van der Waals surface area contributed by atoms with Crippen molar-refractivity contribution < 1.29 is 31.5 Å². The Labute approximate surface area is 241 Å². The summed E-state index contributed by atoms with van der Waals surface area (Å²) in [5, 5.41) is 13.5. The maximum atomic E-state index is 13.8. The molecule has 1 aliphatic rings. The summed E-state index contributed by atoms with van der Waals surface area (Å²) in [4.78, 5) is 14.8. The molecule has 0 bridgehead atoms. The van der Waals surface area contributed by atoms with Gasteiger partial charge >= 0.3 is 0 Å². The predicted molar refractivity (Wildman–Crippen MR) is 154 cm³/mol. The molecule has 10 nitrogen and oxygen atoms in total. The lowest BCUT2D eigenvalue weighted by Gasteiger charge is -2.25. The Morgan fingerprint density at radius 1 is 1.05 bits per heavy atom. The number of aromatic nitrogens is 2. The second-order valence-electron chi connectivity index (χ2n) is 10.2. The molecule has 4 aromatic rings. The van der Waals surface area contributed by atoms with Crippen LogP contribution in [-0.2, 0) is 14.6 Å². The van der Waals surface area contributed by atoms with Gasteiger partial charge in [0, 0.05) is 43.3 Å². The van der Waals surface area contributed by atoms with Gasteiger partial charge in [0.25, 0.3) is 5.91 Å². The van der Waals surface area contributed by atoms with E-state index in [1.165, 1.54) is 18.2 Å². The van der Waals surface area contributed by atoms with Crippen LogP contribution in [0.5, 0.6) is 5.75 Å². The second-order valence-corrected chi connectivity index (χ2v) is 12.2. The Balaban J connectivity index is 1.43. The molecular weight excluding hydrogens is 568 g/mol. The molecule has 1 saturated heterocycles. The zero-order chi connectivity index (χ0) is 29.9. The van der Waals surface area contributed by atoms with Crippen molar-refractivity contribution in [2.75, 3.05) is 51.1 Å². The van der Waals surface area contributed by atoms with E-state index in [1.54, 1.807) is 18.2 Å². The average molecular weight is 600 g/mol. The number of nitrogens with zero attached hydrogens (tertiary/aromatic N) is 2. The van der Waals surface area contributed by atoms with Crippen molar-refractivity contribution >= 4 is 38.2 Å². The number of nitrogens with one attached hydrogen (secondary N) is 3. The standard InChI is InChI=1S/C29H31F2N5O5S/c1-36(2)9-12-41-21-3-5-24(27(16-21)32-20-7-10-40-11-8-20)29(37)33-28-25-17-22(4-6-26(25)34-35-28)42(38,39)23-14-18(30)13-19(31)15-23/h3-6,13-17,20,32H,7-12H2,1-2H3,(H2,33,34,35,37). The van der Waals surface area contributed by atoms with Crippen LogP contribution in [0.4, 0.5) is 20.3 Å². The van der Waals surface area contributed by atoms with Crippen LogP contribution in [0.1, 0.15) is 23.2 Å². The molecule has 5 rings (SSSR count). The number of amides is 1. The Bertz CT molecular complexity index is 1680. The predicted octanol–water partition coefficient (Wildman–Crippen LogP) is 4.46. The van der Waals surface area contributed by atoms with E-state index in [2.05, 4.69) is 20.8 Å². The third-order valence-corrected chi connectivity index (χ3v) is 8.58. The first-order valence-corrected chi connectivity index (χ1v) is 14.8. The van der Waals surface area contributed by atoms with Crippen LogP contribution in [0.15, 0.2) is 64.4 Å². The zero-order valence-electron chi connectivity index (χ0n) is 23.1. The number of benzene rings is 3. The van der Waals surface area contributed by atoms with Crippen molar-refractivity contribution in [3.8, 4) is 5.75 Å². The van der Waals surface area contributed by atoms with Gasteiger partial charge in [-0.05, 0) is 69.4 Å². The van der Waals surface area contributed by atoms with Gasteiger partial charge in [0.1, 0.15) is 24.0 Å². The molecule has 0 atom stereocenters. The SMILES string of the molecule is CN(C)CCOc1ccc(C(=O)Nc2n[nH]c3ccc(S(=O)(=O)c4cc(F)cc(F)c4)cc23)c(NC2CCOCC2)c1. The first kappa shape index (κ1) is 29.4. The van der Waals surface area contributed by atoms with Crippen LogP contribution in [-0.4, -0.2) is 75.9 Å². The molecule has 0 aliphatic carbocycles. The van der Waals surface area contributed by atoms with E-state index in [0.29, 0.717) is 53.8 Å². The van der Waals surface area contributed by atoms with Gasteiger partial charge in [-0.25, -0.2) is 17.2 Å². The third-order valence-electron chi connectivity index (χ3n) is 6.85. The number of halogens is 2. The van der Waals surface area contributed by atoms with Crippen LogP contribution in [0.25, 0.3) is 10.9 Å². The molecule has 13 heteroatoms. The van der Waals surface area contributed by atoms with Crippen molar-refractivity contribution in [3.63, 3.8) is 0 Å². The van der Waals surface area contributed by atoms with Crippen LogP contribution in [0, 0.1) is 11.6 Å². The smallest absolute Gasteiger partial charge is 0.258 e. The van der Waals surface area contributed by atoms with Crippen molar-refractivity contribution in [2.24, 2.45) is 0 Å². The van der Waals surface area contributed by atoms with Crippen molar-refractivity contribution in [3.05, 3.63) is 71.8 Å². The number of ether oxygens (including phenoxy) is 2. The van der Waals surface area contributed by atoms with E-state index >= 15 is 0 Å². The molecule has 0 saturated carbocycles. The molecule has 0 radical (unpaired) electrons. The van der Waals surface area contributed by atoms with Crippen LogP contribution in [0.3, 0.4) is 0 Å².